The second-order valence-electron chi connectivity index (χ2n) is 4.42. The molecule has 0 aromatic rings. The molecule has 0 spiro atoms. The van der Waals surface area contributed by atoms with Gasteiger partial charge in [-0.15, -0.1) is 0 Å². The van der Waals surface area contributed by atoms with E-state index in [4.69, 9.17) is 4.74 Å². The standard InChI is InChI=1S/C10H21NO/c1-8(2)5-11-6-10(7-11)12-9(3)4/h8-10H,5-7H2,1-4H3. The number of hydrogen-bond acceptors (Lipinski definition) is 2. The lowest BCUT2D eigenvalue weighted by Crippen LogP contribution is -2.53. The molecule has 2 heteroatoms. The molecular weight excluding hydrogens is 150 g/mol. The van der Waals surface area contributed by atoms with Crippen molar-refractivity contribution in [3.63, 3.8) is 0 Å². The Labute approximate surface area is 75.9 Å². The highest BCUT2D eigenvalue weighted by Crippen LogP contribution is 2.14. The molecule has 1 saturated heterocycles. The number of rotatable bonds is 4. The second kappa shape index (κ2) is 4.24. The van der Waals surface area contributed by atoms with Crippen LogP contribution in [-0.2, 0) is 4.74 Å². The fraction of sp³-hybridized carbons (Fsp3) is 1.00. The van der Waals surface area contributed by atoms with Gasteiger partial charge in [0.15, 0.2) is 0 Å². The summed E-state index contributed by atoms with van der Waals surface area (Å²) in [6.07, 6.45) is 0.889. The van der Waals surface area contributed by atoms with Gasteiger partial charge in [0.1, 0.15) is 0 Å². The van der Waals surface area contributed by atoms with E-state index in [0.717, 1.165) is 19.0 Å². The van der Waals surface area contributed by atoms with Crippen LogP contribution in [0.3, 0.4) is 0 Å². The van der Waals surface area contributed by atoms with Crippen molar-refractivity contribution in [3.05, 3.63) is 0 Å². The molecule has 0 N–H and O–H groups in total. The van der Waals surface area contributed by atoms with Crippen molar-refractivity contribution in [1.29, 1.82) is 0 Å². The minimum absolute atomic E-state index is 0.385. The van der Waals surface area contributed by atoms with Crippen LogP contribution in [0.1, 0.15) is 27.7 Å². The van der Waals surface area contributed by atoms with Gasteiger partial charge in [-0.25, -0.2) is 0 Å². The lowest BCUT2D eigenvalue weighted by Gasteiger charge is -2.40. The zero-order valence-electron chi connectivity index (χ0n) is 8.71. The summed E-state index contributed by atoms with van der Waals surface area (Å²) in [5.74, 6) is 0.782. The molecule has 0 bridgehead atoms. The Hall–Kier alpha value is -0.0800. The van der Waals surface area contributed by atoms with E-state index in [1.165, 1.54) is 6.54 Å². The predicted octanol–water partition coefficient (Wildman–Crippen LogP) is 1.75. The maximum absolute atomic E-state index is 5.66. The molecule has 1 fully saturated rings. The molecule has 2 nitrogen and oxygen atoms in total. The molecule has 0 atom stereocenters. The highest BCUT2D eigenvalue weighted by atomic mass is 16.5. The van der Waals surface area contributed by atoms with Crippen molar-refractivity contribution in [2.24, 2.45) is 5.92 Å². The van der Waals surface area contributed by atoms with Crippen LogP contribution >= 0.6 is 0 Å². The Morgan fingerprint density at radius 1 is 1.25 bits per heavy atom. The Bertz CT molecular complexity index is 114. The van der Waals surface area contributed by atoms with Gasteiger partial charge >= 0.3 is 0 Å². The number of likely N-dealkylation sites (tertiary alicyclic amines) is 1. The average Bonchev–Trinajstić information content (AvgIpc) is 1.80. The minimum Gasteiger partial charge on any atom is -0.373 e. The maximum Gasteiger partial charge on any atom is 0.0832 e. The first kappa shape index (κ1) is 10.0. The van der Waals surface area contributed by atoms with Crippen LogP contribution in [0, 0.1) is 5.92 Å². The van der Waals surface area contributed by atoms with Gasteiger partial charge in [-0.05, 0) is 19.8 Å². The van der Waals surface area contributed by atoms with Crippen molar-refractivity contribution in [1.82, 2.24) is 4.90 Å². The first-order chi connectivity index (χ1) is 5.58. The smallest absolute Gasteiger partial charge is 0.0832 e. The number of hydrogen-bond donors (Lipinski definition) is 0. The van der Waals surface area contributed by atoms with Crippen molar-refractivity contribution < 1.29 is 4.74 Å². The Morgan fingerprint density at radius 2 is 1.83 bits per heavy atom. The van der Waals surface area contributed by atoms with E-state index in [1.54, 1.807) is 0 Å². The van der Waals surface area contributed by atoms with Crippen molar-refractivity contribution in [2.75, 3.05) is 19.6 Å². The molecule has 0 aromatic carbocycles. The van der Waals surface area contributed by atoms with E-state index in [1.807, 2.05) is 0 Å². The number of nitrogens with zero attached hydrogens (tertiary/aromatic N) is 1. The molecule has 0 aliphatic carbocycles. The van der Waals surface area contributed by atoms with Gasteiger partial charge in [0.25, 0.3) is 0 Å². The second-order valence-corrected chi connectivity index (χ2v) is 4.42. The summed E-state index contributed by atoms with van der Waals surface area (Å²) in [6.45, 7) is 12.2. The number of ether oxygens (including phenoxy) is 1. The zero-order valence-corrected chi connectivity index (χ0v) is 8.71. The topological polar surface area (TPSA) is 12.5 Å². The summed E-state index contributed by atoms with van der Waals surface area (Å²) in [5, 5.41) is 0. The summed E-state index contributed by atoms with van der Waals surface area (Å²) in [4.78, 5) is 2.46. The minimum atomic E-state index is 0.385. The lowest BCUT2D eigenvalue weighted by atomic mass is 10.1. The third-order valence-electron chi connectivity index (χ3n) is 2.01. The molecule has 1 aliphatic rings. The van der Waals surface area contributed by atoms with Gasteiger partial charge in [-0.3, -0.25) is 4.90 Å². The van der Waals surface area contributed by atoms with E-state index >= 15 is 0 Å². The van der Waals surface area contributed by atoms with Gasteiger partial charge in [0.2, 0.25) is 0 Å². The molecule has 12 heavy (non-hydrogen) atoms. The first-order valence-electron chi connectivity index (χ1n) is 4.95. The highest BCUT2D eigenvalue weighted by molar-refractivity contribution is 4.81. The van der Waals surface area contributed by atoms with Crippen LogP contribution < -0.4 is 0 Å². The molecule has 72 valence electrons. The average molecular weight is 171 g/mol. The van der Waals surface area contributed by atoms with Crippen LogP contribution in [0.5, 0.6) is 0 Å². The van der Waals surface area contributed by atoms with E-state index in [-0.39, 0.29) is 0 Å². The van der Waals surface area contributed by atoms with Crippen LogP contribution in [-0.4, -0.2) is 36.7 Å². The summed E-state index contributed by atoms with van der Waals surface area (Å²) in [6, 6.07) is 0. The Balaban J connectivity index is 2.04. The zero-order chi connectivity index (χ0) is 9.14. The third kappa shape index (κ3) is 3.11. The summed E-state index contributed by atoms with van der Waals surface area (Å²) < 4.78 is 5.66. The van der Waals surface area contributed by atoms with Gasteiger partial charge in [-0.1, -0.05) is 13.8 Å². The third-order valence-corrected chi connectivity index (χ3v) is 2.01. The van der Waals surface area contributed by atoms with Crippen LogP contribution in [0.15, 0.2) is 0 Å². The van der Waals surface area contributed by atoms with Crippen LogP contribution in [0.25, 0.3) is 0 Å². The van der Waals surface area contributed by atoms with Crippen LogP contribution in [0.4, 0.5) is 0 Å². The molecule has 0 aromatic heterocycles. The molecule has 1 heterocycles. The molecule has 1 aliphatic heterocycles. The van der Waals surface area contributed by atoms with E-state index in [9.17, 15) is 0 Å². The fourth-order valence-electron chi connectivity index (χ4n) is 1.66. The Kier molecular flexibility index (Phi) is 3.53. The maximum atomic E-state index is 5.66. The molecule has 0 unspecified atom stereocenters. The monoisotopic (exact) mass is 171 g/mol. The largest absolute Gasteiger partial charge is 0.373 e. The van der Waals surface area contributed by atoms with Gasteiger partial charge in [-0.2, -0.15) is 0 Å². The van der Waals surface area contributed by atoms with Gasteiger partial charge in [0, 0.05) is 19.6 Å². The Morgan fingerprint density at radius 3 is 2.25 bits per heavy atom. The quantitative estimate of drug-likeness (QED) is 0.639. The van der Waals surface area contributed by atoms with E-state index < -0.39 is 0 Å². The van der Waals surface area contributed by atoms with Crippen LogP contribution in [0.2, 0.25) is 0 Å². The highest BCUT2D eigenvalue weighted by Gasteiger charge is 2.27. The molecular formula is C10H21NO. The molecule has 0 radical (unpaired) electrons. The van der Waals surface area contributed by atoms with Crippen molar-refractivity contribution in [2.45, 2.75) is 39.9 Å². The molecule has 1 rings (SSSR count). The van der Waals surface area contributed by atoms with Crippen molar-refractivity contribution in [3.8, 4) is 0 Å². The van der Waals surface area contributed by atoms with Crippen molar-refractivity contribution >= 4 is 0 Å². The first-order valence-corrected chi connectivity index (χ1v) is 4.95. The lowest BCUT2D eigenvalue weighted by molar-refractivity contribution is -0.0831. The van der Waals surface area contributed by atoms with E-state index in [2.05, 4.69) is 32.6 Å². The SMILES string of the molecule is CC(C)CN1CC(OC(C)C)C1. The fourth-order valence-corrected chi connectivity index (χ4v) is 1.66. The normalized spacial score (nSPS) is 20.5. The predicted molar refractivity (Wildman–Crippen MR) is 51.3 cm³/mol. The molecule has 0 amide bonds. The molecule has 0 saturated carbocycles. The van der Waals surface area contributed by atoms with E-state index in [0.29, 0.717) is 12.2 Å². The summed E-state index contributed by atoms with van der Waals surface area (Å²) >= 11 is 0. The summed E-state index contributed by atoms with van der Waals surface area (Å²) in [7, 11) is 0. The van der Waals surface area contributed by atoms with Gasteiger partial charge < -0.3 is 4.74 Å². The summed E-state index contributed by atoms with van der Waals surface area (Å²) in [5.41, 5.74) is 0. The van der Waals surface area contributed by atoms with Gasteiger partial charge in [0.05, 0.1) is 12.2 Å².